The Morgan fingerprint density at radius 2 is 1.55 bits per heavy atom. The van der Waals surface area contributed by atoms with Gasteiger partial charge in [-0.05, 0) is 42.0 Å². The summed E-state index contributed by atoms with van der Waals surface area (Å²) in [5, 5.41) is 2.90. The molecule has 29 heavy (non-hydrogen) atoms. The molecule has 2 atom stereocenters. The maximum absolute atomic E-state index is 13.6. The van der Waals surface area contributed by atoms with Crippen LogP contribution in [0.4, 0.5) is 21.5 Å². The highest BCUT2D eigenvalue weighted by molar-refractivity contribution is 6.09. The second-order valence-corrected chi connectivity index (χ2v) is 7.16. The third kappa shape index (κ3) is 2.84. The average molecular weight is 387 g/mol. The Hall–Kier alpha value is -3.67. The fraction of sp³-hybridized carbons (Fsp3) is 0.130. The van der Waals surface area contributed by atoms with E-state index in [1.807, 2.05) is 59.5 Å². The number of nitrogens with one attached hydrogen (secondary N) is 1. The van der Waals surface area contributed by atoms with Crippen LogP contribution in [0.25, 0.3) is 0 Å². The molecular weight excluding hydrogens is 369 g/mol. The van der Waals surface area contributed by atoms with E-state index in [4.69, 9.17) is 0 Å². The average Bonchev–Trinajstić information content (AvgIpc) is 2.74. The second-order valence-electron chi connectivity index (χ2n) is 7.16. The molecule has 3 aromatic rings. The topological polar surface area (TPSA) is 52.7 Å². The monoisotopic (exact) mass is 387 g/mol. The minimum absolute atomic E-state index is 0.0623. The summed E-state index contributed by atoms with van der Waals surface area (Å²) in [6, 6.07) is 22.3. The first-order chi connectivity index (χ1) is 14.1. The van der Waals surface area contributed by atoms with E-state index in [0.29, 0.717) is 5.69 Å². The molecule has 0 spiro atoms. The Morgan fingerprint density at radius 3 is 2.31 bits per heavy atom. The highest BCUT2D eigenvalue weighted by atomic mass is 19.1. The molecule has 144 valence electrons. The molecule has 5 nitrogen and oxygen atoms in total. The van der Waals surface area contributed by atoms with Crippen molar-refractivity contribution < 1.29 is 14.0 Å². The number of carbonyl (C=O) groups excluding carboxylic acids is 2. The maximum Gasteiger partial charge on any atom is 0.247 e. The lowest BCUT2D eigenvalue weighted by molar-refractivity contribution is -0.126. The van der Waals surface area contributed by atoms with Crippen molar-refractivity contribution in [1.82, 2.24) is 0 Å². The van der Waals surface area contributed by atoms with Crippen LogP contribution in [0, 0.1) is 5.82 Å². The number of nitrogens with zero attached hydrogens (tertiary/aromatic N) is 2. The summed E-state index contributed by atoms with van der Waals surface area (Å²) < 4.78 is 13.6. The molecule has 0 radical (unpaired) electrons. The molecule has 1 fully saturated rings. The Kier molecular flexibility index (Phi) is 4.05. The van der Waals surface area contributed by atoms with E-state index < -0.39 is 12.2 Å². The van der Waals surface area contributed by atoms with Crippen LogP contribution in [-0.2, 0) is 9.59 Å². The summed E-state index contributed by atoms with van der Waals surface area (Å²) in [6.07, 6.45) is -0.510. The van der Waals surface area contributed by atoms with E-state index in [9.17, 15) is 14.0 Å². The number of benzene rings is 3. The number of amides is 2. The fourth-order valence-corrected chi connectivity index (χ4v) is 4.15. The molecule has 1 N–H and O–H groups in total. The number of anilines is 3. The number of halogens is 1. The molecular formula is C23H18FN3O2. The van der Waals surface area contributed by atoms with Gasteiger partial charge in [0.25, 0.3) is 0 Å². The Morgan fingerprint density at radius 1 is 0.862 bits per heavy atom. The van der Waals surface area contributed by atoms with Gasteiger partial charge >= 0.3 is 0 Å². The van der Waals surface area contributed by atoms with Crippen LogP contribution in [0.2, 0.25) is 0 Å². The van der Waals surface area contributed by atoms with Crippen LogP contribution in [-0.4, -0.2) is 17.9 Å². The Labute approximate surface area is 167 Å². The van der Waals surface area contributed by atoms with Gasteiger partial charge in [0, 0.05) is 5.69 Å². The molecule has 0 aliphatic carbocycles. The molecule has 2 unspecified atom stereocenters. The molecule has 3 aromatic carbocycles. The van der Waals surface area contributed by atoms with Gasteiger partial charge < -0.3 is 10.2 Å². The van der Waals surface area contributed by atoms with Crippen molar-refractivity contribution in [2.75, 3.05) is 15.1 Å². The van der Waals surface area contributed by atoms with E-state index in [1.165, 1.54) is 12.1 Å². The van der Waals surface area contributed by atoms with Gasteiger partial charge in [-0.1, -0.05) is 42.5 Å². The lowest BCUT2D eigenvalue weighted by Gasteiger charge is -2.50. The standard InChI is InChI=1S/C23H18FN3O2/c24-16-12-10-15(11-13-16)23-26(17-6-2-1-3-7-17)21(28)14-20-22(29)25-18-8-4-5-9-19(18)27(20)23/h1-13,20,23H,14H2,(H,25,29). The lowest BCUT2D eigenvalue weighted by Crippen LogP contribution is -2.61. The zero-order chi connectivity index (χ0) is 20.0. The number of fused-ring (bicyclic) bond motifs is 3. The third-order valence-electron chi connectivity index (χ3n) is 5.43. The predicted octanol–water partition coefficient (Wildman–Crippen LogP) is 4.09. The van der Waals surface area contributed by atoms with Crippen molar-refractivity contribution in [3.8, 4) is 0 Å². The van der Waals surface area contributed by atoms with Crippen molar-refractivity contribution >= 4 is 28.9 Å². The summed E-state index contributed by atoms with van der Waals surface area (Å²) in [5.74, 6) is -0.714. The summed E-state index contributed by atoms with van der Waals surface area (Å²) in [5.41, 5.74) is 3.00. The van der Waals surface area contributed by atoms with E-state index >= 15 is 0 Å². The quantitative estimate of drug-likeness (QED) is 0.721. The lowest BCUT2D eigenvalue weighted by atomic mass is 9.95. The normalized spacial score (nSPS) is 20.7. The molecule has 5 rings (SSSR count). The molecule has 1 saturated heterocycles. The first kappa shape index (κ1) is 17.4. The van der Waals surface area contributed by atoms with Gasteiger partial charge in [0.05, 0.1) is 17.8 Å². The molecule has 0 saturated carbocycles. The highest BCUT2D eigenvalue weighted by Gasteiger charge is 2.47. The first-order valence-electron chi connectivity index (χ1n) is 9.44. The van der Waals surface area contributed by atoms with Crippen LogP contribution < -0.4 is 15.1 Å². The number of para-hydroxylation sites is 3. The van der Waals surface area contributed by atoms with Gasteiger partial charge in [-0.3, -0.25) is 14.5 Å². The molecule has 2 aliphatic rings. The summed E-state index contributed by atoms with van der Waals surface area (Å²) in [4.78, 5) is 29.7. The molecule has 2 amide bonds. The number of carbonyl (C=O) groups is 2. The van der Waals surface area contributed by atoms with E-state index in [0.717, 1.165) is 16.9 Å². The van der Waals surface area contributed by atoms with E-state index in [2.05, 4.69) is 5.32 Å². The van der Waals surface area contributed by atoms with Crippen molar-refractivity contribution in [3.05, 3.63) is 90.2 Å². The smallest absolute Gasteiger partial charge is 0.247 e. The molecule has 0 aromatic heterocycles. The molecule has 2 heterocycles. The Balaban J connectivity index is 1.73. The predicted molar refractivity (Wildman–Crippen MR) is 109 cm³/mol. The van der Waals surface area contributed by atoms with Crippen molar-refractivity contribution in [1.29, 1.82) is 0 Å². The number of rotatable bonds is 2. The summed E-state index contributed by atoms with van der Waals surface area (Å²) >= 11 is 0. The van der Waals surface area contributed by atoms with Gasteiger partial charge in [0.15, 0.2) is 0 Å². The largest absolute Gasteiger partial charge is 0.333 e. The number of hydrogen-bond acceptors (Lipinski definition) is 3. The first-order valence-corrected chi connectivity index (χ1v) is 9.44. The van der Waals surface area contributed by atoms with Crippen molar-refractivity contribution in [2.45, 2.75) is 18.6 Å². The van der Waals surface area contributed by atoms with Crippen molar-refractivity contribution in [2.24, 2.45) is 0 Å². The van der Waals surface area contributed by atoms with Crippen LogP contribution >= 0.6 is 0 Å². The maximum atomic E-state index is 13.6. The van der Waals surface area contributed by atoms with Gasteiger partial charge in [-0.2, -0.15) is 0 Å². The van der Waals surface area contributed by atoms with Gasteiger partial charge in [0.1, 0.15) is 18.0 Å². The minimum Gasteiger partial charge on any atom is -0.333 e. The van der Waals surface area contributed by atoms with Gasteiger partial charge in [-0.15, -0.1) is 0 Å². The SMILES string of the molecule is O=C1Nc2ccccc2N2C1CC(=O)N(c1ccccc1)C2c1ccc(F)cc1. The van der Waals surface area contributed by atoms with Gasteiger partial charge in [0.2, 0.25) is 11.8 Å². The van der Waals surface area contributed by atoms with Crippen LogP contribution in [0.5, 0.6) is 0 Å². The van der Waals surface area contributed by atoms with Crippen LogP contribution in [0.1, 0.15) is 18.2 Å². The fourth-order valence-electron chi connectivity index (χ4n) is 4.15. The molecule has 0 bridgehead atoms. The zero-order valence-electron chi connectivity index (χ0n) is 15.5. The van der Waals surface area contributed by atoms with E-state index in [-0.39, 0.29) is 24.1 Å². The second kappa shape index (κ2) is 6.74. The molecule has 2 aliphatic heterocycles. The molecule has 6 heteroatoms. The van der Waals surface area contributed by atoms with E-state index in [1.54, 1.807) is 17.0 Å². The summed E-state index contributed by atoms with van der Waals surface area (Å²) in [7, 11) is 0. The van der Waals surface area contributed by atoms with Crippen LogP contribution in [0.15, 0.2) is 78.9 Å². The third-order valence-corrected chi connectivity index (χ3v) is 5.43. The minimum atomic E-state index is -0.632. The van der Waals surface area contributed by atoms with Crippen molar-refractivity contribution in [3.63, 3.8) is 0 Å². The zero-order valence-corrected chi connectivity index (χ0v) is 15.5. The Bertz CT molecular complexity index is 1080. The van der Waals surface area contributed by atoms with Gasteiger partial charge in [-0.25, -0.2) is 4.39 Å². The van der Waals surface area contributed by atoms with Crippen LogP contribution in [0.3, 0.4) is 0 Å². The summed E-state index contributed by atoms with van der Waals surface area (Å²) in [6.45, 7) is 0. The highest BCUT2D eigenvalue weighted by Crippen LogP contribution is 2.44. The number of hydrogen-bond donors (Lipinski definition) is 1.